The third-order valence-corrected chi connectivity index (χ3v) is 4.97. The van der Waals surface area contributed by atoms with Crippen LogP contribution in [0.1, 0.15) is 21.5 Å². The van der Waals surface area contributed by atoms with Crippen LogP contribution in [0.2, 0.25) is 0 Å². The number of aromatic carboxylic acids is 1. The van der Waals surface area contributed by atoms with Crippen LogP contribution in [0.25, 0.3) is 6.08 Å². The monoisotopic (exact) mass is 396 g/mol. The first-order chi connectivity index (χ1) is 13.3. The summed E-state index contributed by atoms with van der Waals surface area (Å²) >= 11 is 0.792. The fourth-order valence-electron chi connectivity index (χ4n) is 2.57. The van der Waals surface area contributed by atoms with Crippen molar-refractivity contribution in [3.8, 4) is 0 Å². The number of benzene rings is 2. The van der Waals surface area contributed by atoms with Crippen LogP contribution in [0.5, 0.6) is 0 Å². The van der Waals surface area contributed by atoms with Gasteiger partial charge in [0.15, 0.2) is 0 Å². The maximum Gasteiger partial charge on any atom is 0.335 e. The molecule has 28 heavy (non-hydrogen) atoms. The molecule has 1 heterocycles. The highest BCUT2D eigenvalue weighted by atomic mass is 32.2. The second-order valence-corrected chi connectivity index (χ2v) is 7.05. The normalized spacial score (nSPS) is 15.2. The number of carboxylic acids is 1. The second-order valence-electron chi connectivity index (χ2n) is 6.06. The number of hydrogen-bond donors (Lipinski definition) is 2. The molecular formula is C20H16N2O5S. The van der Waals surface area contributed by atoms with Crippen molar-refractivity contribution in [2.45, 2.75) is 6.92 Å². The number of carbonyl (C=O) groups excluding carboxylic acids is 3. The highest BCUT2D eigenvalue weighted by Crippen LogP contribution is 2.32. The Morgan fingerprint density at radius 1 is 1.11 bits per heavy atom. The SMILES string of the molecule is Cc1ccccc1/C=C1\SC(=O)N(CC(=O)Nc2ccc(C(=O)O)cc2)C1=O. The third-order valence-electron chi connectivity index (χ3n) is 4.07. The number of thioether (sulfide) groups is 1. The van der Waals surface area contributed by atoms with Gasteiger partial charge in [-0.1, -0.05) is 24.3 Å². The van der Waals surface area contributed by atoms with Crippen molar-refractivity contribution in [3.05, 3.63) is 70.1 Å². The summed E-state index contributed by atoms with van der Waals surface area (Å²) in [6, 6.07) is 13.0. The Hall–Kier alpha value is -3.39. The summed E-state index contributed by atoms with van der Waals surface area (Å²) in [6.07, 6.45) is 1.64. The van der Waals surface area contributed by atoms with Gasteiger partial charge in [-0.15, -0.1) is 0 Å². The second kappa shape index (κ2) is 8.10. The summed E-state index contributed by atoms with van der Waals surface area (Å²) in [5, 5.41) is 10.9. The molecule has 3 rings (SSSR count). The predicted octanol–water partition coefficient (Wildman–Crippen LogP) is 3.37. The number of nitrogens with zero attached hydrogens (tertiary/aromatic N) is 1. The van der Waals surface area contributed by atoms with E-state index in [0.717, 1.165) is 27.8 Å². The lowest BCUT2D eigenvalue weighted by Gasteiger charge is -2.12. The molecule has 2 aromatic carbocycles. The first kappa shape index (κ1) is 19.4. The van der Waals surface area contributed by atoms with E-state index in [1.807, 2.05) is 31.2 Å². The van der Waals surface area contributed by atoms with Gasteiger partial charge in [-0.3, -0.25) is 19.3 Å². The van der Waals surface area contributed by atoms with E-state index in [1.165, 1.54) is 24.3 Å². The van der Waals surface area contributed by atoms with Crippen LogP contribution in [-0.4, -0.2) is 39.6 Å². The van der Waals surface area contributed by atoms with E-state index in [-0.39, 0.29) is 10.5 Å². The zero-order valence-corrected chi connectivity index (χ0v) is 15.7. The van der Waals surface area contributed by atoms with Crippen LogP contribution in [-0.2, 0) is 9.59 Å². The summed E-state index contributed by atoms with van der Waals surface area (Å²) in [4.78, 5) is 48.9. The van der Waals surface area contributed by atoms with Crippen LogP contribution in [0.4, 0.5) is 10.5 Å². The summed E-state index contributed by atoms with van der Waals surface area (Å²) in [6.45, 7) is 1.48. The highest BCUT2D eigenvalue weighted by molar-refractivity contribution is 8.18. The Kier molecular flexibility index (Phi) is 5.60. The van der Waals surface area contributed by atoms with Gasteiger partial charge in [-0.25, -0.2) is 4.79 Å². The average Bonchev–Trinajstić information content (AvgIpc) is 2.91. The van der Waals surface area contributed by atoms with E-state index in [1.54, 1.807) is 6.08 Å². The third kappa shape index (κ3) is 4.29. The van der Waals surface area contributed by atoms with E-state index < -0.39 is 29.6 Å². The summed E-state index contributed by atoms with van der Waals surface area (Å²) < 4.78 is 0. The Morgan fingerprint density at radius 2 is 1.79 bits per heavy atom. The molecule has 8 heteroatoms. The maximum atomic E-state index is 12.5. The average molecular weight is 396 g/mol. The molecule has 0 bridgehead atoms. The Labute approximate surface area is 165 Å². The fourth-order valence-corrected chi connectivity index (χ4v) is 3.40. The molecule has 1 saturated heterocycles. The molecular weight excluding hydrogens is 380 g/mol. The summed E-state index contributed by atoms with van der Waals surface area (Å²) in [7, 11) is 0. The van der Waals surface area contributed by atoms with Crippen molar-refractivity contribution in [1.29, 1.82) is 0 Å². The molecule has 0 spiro atoms. The van der Waals surface area contributed by atoms with Gasteiger partial charge in [0.1, 0.15) is 6.54 Å². The smallest absolute Gasteiger partial charge is 0.335 e. The number of rotatable bonds is 5. The van der Waals surface area contributed by atoms with E-state index in [4.69, 9.17) is 5.11 Å². The largest absolute Gasteiger partial charge is 0.478 e. The van der Waals surface area contributed by atoms with Crippen molar-refractivity contribution in [1.82, 2.24) is 4.90 Å². The van der Waals surface area contributed by atoms with Gasteiger partial charge in [-0.2, -0.15) is 0 Å². The number of nitrogens with one attached hydrogen (secondary N) is 1. The van der Waals surface area contributed by atoms with Crippen molar-refractivity contribution in [2.75, 3.05) is 11.9 Å². The van der Waals surface area contributed by atoms with Crippen molar-refractivity contribution < 1.29 is 24.3 Å². The van der Waals surface area contributed by atoms with Crippen LogP contribution >= 0.6 is 11.8 Å². The molecule has 3 amide bonds. The van der Waals surface area contributed by atoms with E-state index in [9.17, 15) is 19.2 Å². The minimum absolute atomic E-state index is 0.0882. The van der Waals surface area contributed by atoms with Gasteiger partial charge >= 0.3 is 5.97 Å². The molecule has 1 aliphatic heterocycles. The van der Waals surface area contributed by atoms with Gasteiger partial charge in [0.2, 0.25) is 5.91 Å². The van der Waals surface area contributed by atoms with Gasteiger partial charge in [-0.05, 0) is 60.2 Å². The first-order valence-electron chi connectivity index (χ1n) is 8.29. The van der Waals surface area contributed by atoms with Crippen LogP contribution in [0.3, 0.4) is 0 Å². The predicted molar refractivity (Wildman–Crippen MR) is 106 cm³/mol. The lowest BCUT2D eigenvalue weighted by molar-refractivity contribution is -0.127. The number of imide groups is 1. The van der Waals surface area contributed by atoms with Crippen LogP contribution in [0, 0.1) is 6.92 Å². The van der Waals surface area contributed by atoms with Crippen molar-refractivity contribution in [3.63, 3.8) is 0 Å². The molecule has 2 N–H and O–H groups in total. The number of hydrogen-bond acceptors (Lipinski definition) is 5. The molecule has 0 unspecified atom stereocenters. The molecule has 1 aliphatic rings. The van der Waals surface area contributed by atoms with Crippen LogP contribution in [0.15, 0.2) is 53.4 Å². The Morgan fingerprint density at radius 3 is 2.43 bits per heavy atom. The number of amides is 3. The quantitative estimate of drug-likeness (QED) is 0.751. The topological polar surface area (TPSA) is 104 Å². The molecule has 0 saturated carbocycles. The van der Waals surface area contributed by atoms with Crippen molar-refractivity contribution in [2.24, 2.45) is 0 Å². The minimum atomic E-state index is -1.07. The lowest BCUT2D eigenvalue weighted by Crippen LogP contribution is -2.36. The number of aryl methyl sites for hydroxylation is 1. The molecule has 1 fully saturated rings. The first-order valence-corrected chi connectivity index (χ1v) is 9.11. The molecule has 2 aromatic rings. The van der Waals surface area contributed by atoms with E-state index in [0.29, 0.717) is 5.69 Å². The molecule has 7 nitrogen and oxygen atoms in total. The van der Waals surface area contributed by atoms with E-state index in [2.05, 4.69) is 5.32 Å². The fraction of sp³-hybridized carbons (Fsp3) is 0.100. The van der Waals surface area contributed by atoms with E-state index >= 15 is 0 Å². The molecule has 0 atom stereocenters. The zero-order valence-electron chi connectivity index (χ0n) is 14.8. The van der Waals surface area contributed by atoms with Gasteiger partial charge in [0, 0.05) is 5.69 Å². The molecule has 142 valence electrons. The molecule has 0 aromatic heterocycles. The summed E-state index contributed by atoms with van der Waals surface area (Å²) in [5.41, 5.74) is 2.26. The Bertz CT molecular complexity index is 998. The lowest BCUT2D eigenvalue weighted by atomic mass is 10.1. The highest BCUT2D eigenvalue weighted by Gasteiger charge is 2.36. The minimum Gasteiger partial charge on any atom is -0.478 e. The van der Waals surface area contributed by atoms with Gasteiger partial charge in [0.05, 0.1) is 10.5 Å². The van der Waals surface area contributed by atoms with Crippen molar-refractivity contribution >= 4 is 46.5 Å². The van der Waals surface area contributed by atoms with Gasteiger partial charge in [0.25, 0.3) is 11.1 Å². The Balaban J connectivity index is 1.68. The van der Waals surface area contributed by atoms with Gasteiger partial charge < -0.3 is 10.4 Å². The summed E-state index contributed by atoms with van der Waals surface area (Å²) in [5.74, 6) is -2.15. The number of carboxylic acid groups (broad SMARTS) is 1. The molecule has 0 aliphatic carbocycles. The van der Waals surface area contributed by atoms with Crippen LogP contribution < -0.4 is 5.32 Å². The number of carbonyl (C=O) groups is 4. The standard InChI is InChI=1S/C20H16N2O5S/c1-12-4-2-3-5-14(12)10-16-18(24)22(20(27)28-16)11-17(23)21-15-8-6-13(7-9-15)19(25)26/h2-10H,11H2,1H3,(H,21,23)(H,25,26)/b16-10-. The number of anilines is 1. The molecule has 0 radical (unpaired) electrons. The zero-order chi connectivity index (χ0) is 20.3. The maximum absolute atomic E-state index is 12.5.